The van der Waals surface area contributed by atoms with Crippen LogP contribution in [-0.2, 0) is 0 Å². The fourth-order valence-corrected chi connectivity index (χ4v) is 1.40. The van der Waals surface area contributed by atoms with Gasteiger partial charge in [0.15, 0.2) is 0 Å². The number of allylic oxidation sites excluding steroid dienone is 4. The summed E-state index contributed by atoms with van der Waals surface area (Å²) in [7, 11) is 0. The minimum Gasteiger partial charge on any atom is -0.257 e. The fourth-order valence-electron chi connectivity index (χ4n) is 1.24. The molecule has 0 N–H and O–H groups in total. The number of aliphatic imine (C=N–C) groups is 1. The maximum absolute atomic E-state index is 5.16. The Hall–Kier alpha value is -0.760. The molecule has 0 fully saturated rings. The van der Waals surface area contributed by atoms with E-state index in [-0.39, 0.29) is 5.41 Å². The highest BCUT2D eigenvalue weighted by Gasteiger charge is 2.20. The van der Waals surface area contributed by atoms with Crippen molar-refractivity contribution in [1.29, 1.82) is 0 Å². The molecule has 0 atom stereocenters. The Kier molecular flexibility index (Phi) is 6.42. The topological polar surface area (TPSA) is 12.4 Å². The molecule has 0 saturated carbocycles. The lowest BCUT2D eigenvalue weighted by molar-refractivity contribution is 0.529. The zero-order valence-corrected chi connectivity index (χ0v) is 12.1. The first kappa shape index (κ1) is 15.2. The third kappa shape index (κ3) is 4.84. The van der Waals surface area contributed by atoms with Crippen LogP contribution in [0.4, 0.5) is 0 Å². The van der Waals surface area contributed by atoms with E-state index in [1.54, 1.807) is 0 Å². The van der Waals surface area contributed by atoms with Gasteiger partial charge in [-0.1, -0.05) is 44.3 Å². The van der Waals surface area contributed by atoms with E-state index in [2.05, 4.69) is 37.9 Å². The molecule has 0 bridgehead atoms. The van der Waals surface area contributed by atoms with Crippen LogP contribution in [0.5, 0.6) is 0 Å². The summed E-state index contributed by atoms with van der Waals surface area (Å²) in [5, 5.41) is 0. The molecule has 0 spiro atoms. The third-order valence-electron chi connectivity index (χ3n) is 2.77. The highest BCUT2D eigenvalue weighted by Crippen LogP contribution is 2.24. The minimum absolute atomic E-state index is 0.0888. The van der Waals surface area contributed by atoms with Crippen molar-refractivity contribution < 1.29 is 0 Å². The molecule has 0 aliphatic heterocycles. The number of hydrogen-bond acceptors (Lipinski definition) is 2. The highest BCUT2D eigenvalue weighted by atomic mass is 32.1. The number of thiocarbonyl (C=S) groups is 1. The second-order valence-corrected chi connectivity index (χ2v) is 5.20. The number of hydrogen-bond donors (Lipinski definition) is 0. The Morgan fingerprint density at radius 2 is 1.81 bits per heavy atom. The molecule has 1 nitrogen and oxygen atoms in total. The van der Waals surface area contributed by atoms with E-state index in [4.69, 9.17) is 12.2 Å². The van der Waals surface area contributed by atoms with Gasteiger partial charge in [-0.3, -0.25) is 4.99 Å². The molecule has 0 aliphatic rings. The van der Waals surface area contributed by atoms with Crippen LogP contribution < -0.4 is 0 Å². The van der Waals surface area contributed by atoms with Crippen molar-refractivity contribution in [3.63, 3.8) is 0 Å². The number of nitrogens with zero attached hydrogens (tertiary/aromatic N) is 1. The van der Waals surface area contributed by atoms with Gasteiger partial charge in [0.1, 0.15) is 0 Å². The zero-order valence-electron chi connectivity index (χ0n) is 11.3. The molecule has 0 saturated heterocycles. The molecular formula is C14H23NS. The quantitative estimate of drug-likeness (QED) is 0.291. The molecule has 16 heavy (non-hydrogen) atoms. The Morgan fingerprint density at radius 1 is 1.25 bits per heavy atom. The second kappa shape index (κ2) is 6.74. The van der Waals surface area contributed by atoms with Crippen molar-refractivity contribution in [2.45, 2.75) is 48.0 Å². The van der Waals surface area contributed by atoms with Gasteiger partial charge in [-0.05, 0) is 34.1 Å². The van der Waals surface area contributed by atoms with E-state index in [1.807, 2.05) is 26.8 Å². The van der Waals surface area contributed by atoms with E-state index in [0.717, 1.165) is 22.7 Å². The van der Waals surface area contributed by atoms with Gasteiger partial charge in [-0.2, -0.15) is 0 Å². The summed E-state index contributed by atoms with van der Waals surface area (Å²) >= 11 is 5.16. The van der Waals surface area contributed by atoms with Gasteiger partial charge in [0.05, 0.1) is 5.70 Å². The zero-order chi connectivity index (χ0) is 12.8. The smallest absolute Gasteiger partial charge is 0.0723 e. The van der Waals surface area contributed by atoms with E-state index in [1.165, 1.54) is 0 Å². The minimum atomic E-state index is 0.0888. The second-order valence-electron chi connectivity index (χ2n) is 4.58. The summed E-state index contributed by atoms with van der Waals surface area (Å²) in [4.78, 5) is 5.47. The lowest BCUT2D eigenvalue weighted by Crippen LogP contribution is -2.21. The summed E-state index contributed by atoms with van der Waals surface area (Å²) in [6.07, 6.45) is 7.23. The predicted molar refractivity (Wildman–Crippen MR) is 78.4 cm³/mol. The first-order chi connectivity index (χ1) is 7.35. The molecule has 0 aromatic carbocycles. The Bertz CT molecular complexity index is 333. The van der Waals surface area contributed by atoms with Crippen LogP contribution in [0.1, 0.15) is 48.0 Å². The van der Waals surface area contributed by atoms with E-state index in [9.17, 15) is 0 Å². The van der Waals surface area contributed by atoms with Crippen molar-refractivity contribution >= 4 is 22.8 Å². The first-order valence-corrected chi connectivity index (χ1v) is 6.10. The highest BCUT2D eigenvalue weighted by molar-refractivity contribution is 7.80. The summed E-state index contributed by atoms with van der Waals surface area (Å²) < 4.78 is 0. The van der Waals surface area contributed by atoms with Gasteiger partial charge in [0.25, 0.3) is 0 Å². The van der Waals surface area contributed by atoms with Crippen LogP contribution >= 0.6 is 12.2 Å². The predicted octanol–water partition coefficient (Wildman–Crippen LogP) is 4.73. The average molecular weight is 237 g/mol. The van der Waals surface area contributed by atoms with E-state index < -0.39 is 0 Å². The van der Waals surface area contributed by atoms with Crippen molar-refractivity contribution in [3.8, 4) is 0 Å². The molecule has 0 aromatic rings. The molecule has 0 heterocycles. The average Bonchev–Trinajstić information content (AvgIpc) is 2.22. The summed E-state index contributed by atoms with van der Waals surface area (Å²) in [6, 6.07) is 0. The third-order valence-corrected chi connectivity index (χ3v) is 2.97. The lowest BCUT2D eigenvalue weighted by Gasteiger charge is -2.23. The molecule has 0 aromatic heterocycles. The van der Waals surface area contributed by atoms with Crippen LogP contribution in [0.25, 0.3) is 0 Å². The fraction of sp³-hybridized carbons (Fsp3) is 0.571. The van der Waals surface area contributed by atoms with Crippen LogP contribution in [-0.4, -0.2) is 10.6 Å². The van der Waals surface area contributed by atoms with Gasteiger partial charge >= 0.3 is 0 Å². The summed E-state index contributed by atoms with van der Waals surface area (Å²) in [6.45, 7) is 12.4. The Morgan fingerprint density at radius 3 is 2.19 bits per heavy atom. The van der Waals surface area contributed by atoms with Crippen LogP contribution in [0.15, 0.2) is 28.9 Å². The largest absolute Gasteiger partial charge is 0.257 e. The molecule has 0 unspecified atom stereocenters. The summed E-state index contributed by atoms with van der Waals surface area (Å²) in [5.74, 6) is 0. The van der Waals surface area contributed by atoms with Crippen LogP contribution in [0, 0.1) is 5.41 Å². The SMILES string of the molecule is C/C=C\CC(C)(C)/C(C)=N/C(=C\C)C(C)=S. The summed E-state index contributed by atoms with van der Waals surface area (Å²) in [5.41, 5.74) is 2.13. The van der Waals surface area contributed by atoms with Gasteiger partial charge in [-0.15, -0.1) is 0 Å². The molecule has 90 valence electrons. The van der Waals surface area contributed by atoms with E-state index >= 15 is 0 Å². The molecule has 2 heteroatoms. The Labute approximate surface area is 105 Å². The molecule has 0 rings (SSSR count). The normalized spacial score (nSPS) is 14.6. The van der Waals surface area contributed by atoms with Gasteiger partial charge in [0.2, 0.25) is 0 Å². The monoisotopic (exact) mass is 237 g/mol. The number of rotatable bonds is 5. The van der Waals surface area contributed by atoms with E-state index in [0.29, 0.717) is 0 Å². The molecule has 0 amide bonds. The van der Waals surface area contributed by atoms with Gasteiger partial charge in [-0.25, -0.2) is 0 Å². The van der Waals surface area contributed by atoms with Crippen molar-refractivity contribution in [1.82, 2.24) is 0 Å². The standard InChI is InChI=1S/C14H23NS/c1-7-9-10-14(5,6)12(4)15-13(8-2)11(3)16/h7-9H,10H2,1-6H3/b9-7-,13-8-,15-12+. The van der Waals surface area contributed by atoms with Crippen molar-refractivity contribution in [3.05, 3.63) is 23.9 Å². The lowest BCUT2D eigenvalue weighted by atomic mass is 9.84. The van der Waals surface area contributed by atoms with Crippen molar-refractivity contribution in [2.24, 2.45) is 10.4 Å². The molecule has 0 radical (unpaired) electrons. The molecular weight excluding hydrogens is 214 g/mol. The Balaban J connectivity index is 4.95. The van der Waals surface area contributed by atoms with Crippen LogP contribution in [0.3, 0.4) is 0 Å². The maximum atomic E-state index is 5.16. The van der Waals surface area contributed by atoms with Gasteiger partial charge < -0.3 is 0 Å². The first-order valence-electron chi connectivity index (χ1n) is 5.69. The molecule has 0 aliphatic carbocycles. The maximum Gasteiger partial charge on any atom is 0.0723 e. The van der Waals surface area contributed by atoms with Crippen LogP contribution in [0.2, 0.25) is 0 Å². The van der Waals surface area contributed by atoms with Gasteiger partial charge in [0, 0.05) is 16.0 Å². The van der Waals surface area contributed by atoms with Crippen molar-refractivity contribution in [2.75, 3.05) is 0 Å².